The number of hydrogen-bond acceptors (Lipinski definition) is 8. The minimum atomic E-state index is -3.93. The number of carbonyl (C=O) groups excluding carboxylic acids is 2. The number of carboxylic acid groups (broad SMARTS) is 1. The van der Waals surface area contributed by atoms with Crippen LogP contribution < -0.4 is 26.3 Å². The number of ether oxygens (including phenoxy) is 3. The number of nitrogens with zero attached hydrogens (tertiary/aromatic N) is 1. The summed E-state index contributed by atoms with van der Waals surface area (Å²) < 4.78 is 77.6. The van der Waals surface area contributed by atoms with Crippen molar-refractivity contribution in [2.45, 2.75) is 81.6 Å². The van der Waals surface area contributed by atoms with Gasteiger partial charge in [0.15, 0.2) is 12.1 Å². The van der Waals surface area contributed by atoms with Gasteiger partial charge in [0.25, 0.3) is 11.8 Å². The molecule has 0 radical (unpaired) electrons. The summed E-state index contributed by atoms with van der Waals surface area (Å²) in [5, 5.41) is 11.7. The Kier molecular flexibility index (Phi) is 12.8. The van der Waals surface area contributed by atoms with Crippen molar-refractivity contribution in [2.24, 2.45) is 11.5 Å². The average Bonchev–Trinajstić information content (AvgIpc) is 2.99. The number of alkyl carbamates (subject to hydrolysis) is 1. The molecule has 1 saturated heterocycles. The molecule has 1 fully saturated rings. The van der Waals surface area contributed by atoms with Gasteiger partial charge in [-0.05, 0) is 89.7 Å². The third kappa shape index (κ3) is 9.51. The summed E-state index contributed by atoms with van der Waals surface area (Å²) in [6.45, 7) is 4.83. The Balaban J connectivity index is 1.84. The first-order valence-corrected chi connectivity index (χ1v) is 16.3. The molecule has 1 heterocycles. The largest absolute Gasteiger partial charge is 0.496 e. The second-order valence-electron chi connectivity index (χ2n) is 12.2. The second kappa shape index (κ2) is 15.6. The molecule has 48 heavy (non-hydrogen) atoms. The van der Waals surface area contributed by atoms with Gasteiger partial charge in [-0.2, -0.15) is 17.6 Å². The standard InChI is InChI=1S/C31H38Br2F4N4O7/c1-29(2,3)48-28(45)40-18-9-11-41(26(42)24(38)30(34,35)16-5-7-20(32)22(13-16)46-4)19(15-18)10-12-47-23-14-17(6-8-21(23)33)31(36,37)25(39)27(43)44/h5-8,13-14,18-19,24-25H,9-12,15,38-39H2,1-4H3,(H,40,45)(H,43,44). The van der Waals surface area contributed by atoms with Gasteiger partial charge in [0.2, 0.25) is 5.91 Å². The summed E-state index contributed by atoms with van der Waals surface area (Å²) in [4.78, 5) is 38.4. The maximum atomic E-state index is 15.6. The van der Waals surface area contributed by atoms with E-state index in [1.165, 1.54) is 24.1 Å². The lowest BCUT2D eigenvalue weighted by Gasteiger charge is -2.41. The molecule has 0 spiro atoms. The molecule has 11 nitrogen and oxygen atoms in total. The number of methoxy groups -OCH3 is 1. The Morgan fingerprint density at radius 1 is 0.979 bits per heavy atom. The lowest BCUT2D eigenvalue weighted by molar-refractivity contribution is -0.150. The van der Waals surface area contributed by atoms with E-state index in [2.05, 4.69) is 37.2 Å². The highest BCUT2D eigenvalue weighted by Gasteiger charge is 2.48. The van der Waals surface area contributed by atoms with Crippen molar-refractivity contribution in [3.05, 3.63) is 56.5 Å². The van der Waals surface area contributed by atoms with Crippen molar-refractivity contribution in [1.82, 2.24) is 10.2 Å². The Morgan fingerprint density at radius 2 is 1.52 bits per heavy atom. The number of nitrogens with one attached hydrogen (secondary N) is 1. The van der Waals surface area contributed by atoms with Crippen LogP contribution in [-0.4, -0.2) is 78.0 Å². The van der Waals surface area contributed by atoms with E-state index < -0.39 is 70.7 Å². The predicted molar refractivity (Wildman–Crippen MR) is 174 cm³/mol. The van der Waals surface area contributed by atoms with Crippen molar-refractivity contribution in [2.75, 3.05) is 20.3 Å². The number of aliphatic carboxylic acids is 1. The van der Waals surface area contributed by atoms with Crippen LogP contribution in [0.5, 0.6) is 11.5 Å². The molecule has 0 bridgehead atoms. The van der Waals surface area contributed by atoms with Gasteiger partial charge >= 0.3 is 12.1 Å². The molecular formula is C31H38Br2F4N4O7. The summed E-state index contributed by atoms with van der Waals surface area (Å²) in [6.07, 6.45) is -0.356. The summed E-state index contributed by atoms with van der Waals surface area (Å²) in [7, 11) is 1.31. The summed E-state index contributed by atoms with van der Waals surface area (Å²) >= 11 is 6.41. The van der Waals surface area contributed by atoms with Gasteiger partial charge in [0.05, 0.1) is 22.7 Å². The van der Waals surface area contributed by atoms with Crippen LogP contribution in [-0.2, 0) is 26.2 Å². The molecule has 2 aromatic rings. The van der Waals surface area contributed by atoms with E-state index >= 15 is 8.78 Å². The maximum absolute atomic E-state index is 15.6. The maximum Gasteiger partial charge on any atom is 0.407 e. The zero-order chi connectivity index (χ0) is 36.2. The summed E-state index contributed by atoms with van der Waals surface area (Å²) in [6, 6.07) is 0.651. The highest BCUT2D eigenvalue weighted by molar-refractivity contribution is 9.10. The lowest BCUT2D eigenvalue weighted by Crippen LogP contribution is -2.59. The van der Waals surface area contributed by atoms with E-state index in [4.69, 9.17) is 30.8 Å². The molecule has 1 aliphatic heterocycles. The summed E-state index contributed by atoms with van der Waals surface area (Å²) in [5.41, 5.74) is 9.11. The normalized spacial score (nSPS) is 18.5. The number of alkyl halides is 4. The van der Waals surface area contributed by atoms with Crippen LogP contribution in [0.2, 0.25) is 0 Å². The van der Waals surface area contributed by atoms with Crippen LogP contribution in [0, 0.1) is 0 Å². The molecule has 4 unspecified atom stereocenters. The number of nitrogens with two attached hydrogens (primary N) is 2. The van der Waals surface area contributed by atoms with E-state index in [-0.39, 0.29) is 48.4 Å². The monoisotopic (exact) mass is 812 g/mol. The fourth-order valence-corrected chi connectivity index (χ4v) is 5.83. The van der Waals surface area contributed by atoms with E-state index in [9.17, 15) is 23.2 Å². The van der Waals surface area contributed by atoms with Crippen molar-refractivity contribution in [3.8, 4) is 11.5 Å². The number of halogens is 6. The first-order chi connectivity index (χ1) is 22.2. The van der Waals surface area contributed by atoms with Gasteiger partial charge in [-0.15, -0.1) is 0 Å². The molecule has 3 rings (SSSR count). The molecule has 266 valence electrons. The predicted octanol–water partition coefficient (Wildman–Crippen LogP) is 5.50. The fraction of sp³-hybridized carbons (Fsp3) is 0.516. The number of piperidine rings is 1. The molecule has 6 N–H and O–H groups in total. The van der Waals surface area contributed by atoms with Crippen molar-refractivity contribution in [3.63, 3.8) is 0 Å². The van der Waals surface area contributed by atoms with E-state index in [1.54, 1.807) is 20.8 Å². The second-order valence-corrected chi connectivity index (χ2v) is 13.9. The van der Waals surface area contributed by atoms with Gasteiger partial charge in [-0.25, -0.2) is 4.79 Å². The number of carboxylic acids is 1. The number of likely N-dealkylation sites (tertiary alicyclic amines) is 1. The third-order valence-corrected chi connectivity index (χ3v) is 8.90. The number of carbonyl (C=O) groups is 3. The summed E-state index contributed by atoms with van der Waals surface area (Å²) in [5.74, 6) is -10.6. The first kappa shape index (κ1) is 39.3. The number of benzene rings is 2. The zero-order valence-corrected chi connectivity index (χ0v) is 29.7. The van der Waals surface area contributed by atoms with Crippen molar-refractivity contribution < 1.29 is 51.3 Å². The Labute approximate surface area is 291 Å². The zero-order valence-electron chi connectivity index (χ0n) is 26.6. The van der Waals surface area contributed by atoms with Crippen LogP contribution in [0.4, 0.5) is 22.4 Å². The van der Waals surface area contributed by atoms with Crippen molar-refractivity contribution >= 4 is 49.8 Å². The Bertz CT molecular complexity index is 1500. The molecule has 1 aliphatic rings. The average molecular weight is 814 g/mol. The molecule has 0 aromatic heterocycles. The van der Waals surface area contributed by atoms with E-state index in [1.807, 2.05) is 0 Å². The molecule has 0 saturated carbocycles. The van der Waals surface area contributed by atoms with Crippen LogP contribution in [0.1, 0.15) is 51.2 Å². The highest BCUT2D eigenvalue weighted by Crippen LogP contribution is 2.38. The van der Waals surface area contributed by atoms with Crippen LogP contribution in [0.25, 0.3) is 0 Å². The van der Waals surface area contributed by atoms with E-state index in [0.29, 0.717) is 4.47 Å². The Hall–Kier alpha value is -3.15. The molecule has 17 heteroatoms. The lowest BCUT2D eigenvalue weighted by atomic mass is 9.92. The molecule has 0 aliphatic carbocycles. The fourth-order valence-electron chi connectivity index (χ4n) is 5.06. The smallest absolute Gasteiger partial charge is 0.407 e. The van der Waals surface area contributed by atoms with E-state index in [0.717, 1.165) is 24.3 Å². The topological polar surface area (TPSA) is 166 Å². The van der Waals surface area contributed by atoms with Gasteiger partial charge < -0.3 is 41.0 Å². The SMILES string of the molecule is COc1cc(C(F)(F)C(N)C(=O)N2CCC(NC(=O)OC(C)(C)C)CC2CCOc2cc(C(F)(F)C(N)C(=O)O)ccc2Br)ccc1Br. The Morgan fingerprint density at radius 3 is 2.06 bits per heavy atom. The number of rotatable bonds is 12. The molecule has 4 atom stereocenters. The first-order valence-electron chi connectivity index (χ1n) is 14.8. The molecular weight excluding hydrogens is 776 g/mol. The minimum Gasteiger partial charge on any atom is -0.496 e. The van der Waals surface area contributed by atoms with Crippen LogP contribution in [0.3, 0.4) is 0 Å². The van der Waals surface area contributed by atoms with Gasteiger partial charge in [-0.1, -0.05) is 12.1 Å². The van der Waals surface area contributed by atoms with Crippen LogP contribution in [0.15, 0.2) is 45.3 Å². The van der Waals surface area contributed by atoms with Gasteiger partial charge in [0.1, 0.15) is 17.1 Å². The molecule has 2 amide bonds. The molecule has 2 aromatic carbocycles. The van der Waals surface area contributed by atoms with Gasteiger partial charge in [0, 0.05) is 36.2 Å². The minimum absolute atomic E-state index is 0.0182. The quantitative estimate of drug-likeness (QED) is 0.203. The van der Waals surface area contributed by atoms with Crippen LogP contribution >= 0.6 is 31.9 Å². The number of hydrogen-bond donors (Lipinski definition) is 4. The van der Waals surface area contributed by atoms with Crippen molar-refractivity contribution in [1.29, 1.82) is 0 Å². The van der Waals surface area contributed by atoms with Gasteiger partial charge in [-0.3, -0.25) is 9.59 Å². The highest BCUT2D eigenvalue weighted by atomic mass is 79.9. The third-order valence-electron chi connectivity index (χ3n) is 7.59. The number of amides is 2.